The van der Waals surface area contributed by atoms with Crippen LogP contribution in [0.3, 0.4) is 0 Å². The van der Waals surface area contributed by atoms with Gasteiger partial charge in [-0.1, -0.05) is 12.1 Å². The van der Waals surface area contributed by atoms with Crippen molar-refractivity contribution in [3.63, 3.8) is 0 Å². The lowest BCUT2D eigenvalue weighted by Crippen LogP contribution is -2.52. The number of rotatable bonds is 4. The molecule has 0 bridgehead atoms. The summed E-state index contributed by atoms with van der Waals surface area (Å²) in [5.41, 5.74) is 4.44. The van der Waals surface area contributed by atoms with Crippen molar-refractivity contribution in [2.45, 2.75) is 26.9 Å². The van der Waals surface area contributed by atoms with Crippen LogP contribution in [0, 0.1) is 6.92 Å². The SMILES string of the molecule is CCn1c(CNC(=O)N2CCN(c3ccncc3C)CC2)nc2ccccc21. The zero-order chi connectivity index (χ0) is 19.5. The summed E-state index contributed by atoms with van der Waals surface area (Å²) < 4.78 is 2.15. The van der Waals surface area contributed by atoms with E-state index in [1.54, 1.807) is 0 Å². The Bertz CT molecular complexity index is 974. The van der Waals surface area contributed by atoms with Crippen molar-refractivity contribution in [1.29, 1.82) is 0 Å². The molecule has 0 saturated carbocycles. The Morgan fingerprint density at radius 3 is 2.68 bits per heavy atom. The monoisotopic (exact) mass is 378 g/mol. The predicted molar refractivity (Wildman–Crippen MR) is 110 cm³/mol. The first-order valence-electron chi connectivity index (χ1n) is 9.80. The molecule has 0 radical (unpaired) electrons. The molecule has 146 valence electrons. The molecule has 7 heteroatoms. The maximum Gasteiger partial charge on any atom is 0.317 e. The van der Waals surface area contributed by atoms with Crippen molar-refractivity contribution >= 4 is 22.8 Å². The number of aryl methyl sites for hydroxylation is 2. The quantitative estimate of drug-likeness (QED) is 0.758. The number of nitrogens with zero attached hydrogens (tertiary/aromatic N) is 5. The molecule has 0 aliphatic carbocycles. The molecular formula is C21H26N6O. The van der Waals surface area contributed by atoms with Gasteiger partial charge in [-0.25, -0.2) is 9.78 Å². The van der Waals surface area contributed by atoms with Crippen LogP contribution < -0.4 is 10.2 Å². The molecule has 28 heavy (non-hydrogen) atoms. The van der Waals surface area contributed by atoms with Crippen molar-refractivity contribution < 1.29 is 4.79 Å². The Hall–Kier alpha value is -3.09. The van der Waals surface area contributed by atoms with E-state index in [2.05, 4.69) is 44.7 Å². The Labute approximate surface area is 165 Å². The molecule has 1 aliphatic rings. The molecule has 1 saturated heterocycles. The lowest BCUT2D eigenvalue weighted by molar-refractivity contribution is 0.193. The van der Waals surface area contributed by atoms with Gasteiger partial charge in [0.05, 0.1) is 17.6 Å². The average Bonchev–Trinajstić information content (AvgIpc) is 3.10. The maximum atomic E-state index is 12.6. The van der Waals surface area contributed by atoms with Gasteiger partial charge in [-0.3, -0.25) is 4.98 Å². The van der Waals surface area contributed by atoms with Crippen LogP contribution in [0.15, 0.2) is 42.7 Å². The summed E-state index contributed by atoms with van der Waals surface area (Å²) in [4.78, 5) is 25.7. The highest BCUT2D eigenvalue weighted by atomic mass is 16.2. The summed E-state index contributed by atoms with van der Waals surface area (Å²) in [5, 5.41) is 3.05. The number of anilines is 1. The molecule has 3 heterocycles. The molecule has 1 aliphatic heterocycles. The molecule has 3 aromatic rings. The number of para-hydroxylation sites is 2. The number of fused-ring (bicyclic) bond motifs is 1. The number of hydrogen-bond acceptors (Lipinski definition) is 4. The minimum atomic E-state index is -0.0270. The second-order valence-electron chi connectivity index (χ2n) is 7.06. The lowest BCUT2D eigenvalue weighted by atomic mass is 10.2. The Morgan fingerprint density at radius 1 is 1.14 bits per heavy atom. The van der Waals surface area contributed by atoms with Crippen LogP contribution in [0.4, 0.5) is 10.5 Å². The van der Waals surface area contributed by atoms with E-state index in [1.165, 1.54) is 11.3 Å². The number of pyridine rings is 1. The molecule has 2 amide bonds. The fourth-order valence-electron chi connectivity index (χ4n) is 3.85. The van der Waals surface area contributed by atoms with Gasteiger partial charge in [0, 0.05) is 50.8 Å². The first kappa shape index (κ1) is 18.3. The van der Waals surface area contributed by atoms with Crippen LogP contribution in [0.25, 0.3) is 11.0 Å². The Balaban J connectivity index is 1.36. The van der Waals surface area contributed by atoms with Gasteiger partial charge in [0.2, 0.25) is 0 Å². The molecule has 0 unspecified atom stereocenters. The van der Waals surface area contributed by atoms with Gasteiger partial charge in [0.15, 0.2) is 0 Å². The van der Waals surface area contributed by atoms with Crippen molar-refractivity contribution in [2.75, 3.05) is 31.1 Å². The Kier molecular flexibility index (Phi) is 5.14. The highest BCUT2D eigenvalue weighted by Crippen LogP contribution is 2.20. The van der Waals surface area contributed by atoms with E-state index < -0.39 is 0 Å². The second-order valence-corrected chi connectivity index (χ2v) is 7.06. The summed E-state index contributed by atoms with van der Waals surface area (Å²) in [6.07, 6.45) is 3.70. The summed E-state index contributed by atoms with van der Waals surface area (Å²) in [6.45, 7) is 8.49. The van der Waals surface area contributed by atoms with Crippen LogP contribution in [0.1, 0.15) is 18.3 Å². The Morgan fingerprint density at radius 2 is 1.93 bits per heavy atom. The number of amides is 2. The highest BCUT2D eigenvalue weighted by Gasteiger charge is 2.22. The van der Waals surface area contributed by atoms with Gasteiger partial charge in [-0.15, -0.1) is 0 Å². The van der Waals surface area contributed by atoms with Gasteiger partial charge < -0.3 is 19.7 Å². The van der Waals surface area contributed by atoms with Gasteiger partial charge in [-0.2, -0.15) is 0 Å². The first-order chi connectivity index (χ1) is 13.7. The molecule has 7 nitrogen and oxygen atoms in total. The number of nitrogens with one attached hydrogen (secondary N) is 1. The van der Waals surface area contributed by atoms with Crippen molar-refractivity contribution in [3.05, 3.63) is 54.1 Å². The van der Waals surface area contributed by atoms with Crippen LogP contribution in [0.5, 0.6) is 0 Å². The fourth-order valence-corrected chi connectivity index (χ4v) is 3.85. The summed E-state index contributed by atoms with van der Waals surface area (Å²) >= 11 is 0. The van der Waals surface area contributed by atoms with Crippen molar-refractivity contribution in [2.24, 2.45) is 0 Å². The molecule has 1 aromatic carbocycles. The van der Waals surface area contributed by atoms with E-state index in [-0.39, 0.29) is 6.03 Å². The van der Waals surface area contributed by atoms with E-state index >= 15 is 0 Å². The number of urea groups is 1. The number of piperazine rings is 1. The number of imidazole rings is 1. The van der Waals surface area contributed by atoms with E-state index in [1.807, 2.05) is 41.6 Å². The topological polar surface area (TPSA) is 66.3 Å². The standard InChI is InChI=1S/C21H26N6O/c1-3-27-19-7-5-4-6-17(19)24-20(27)15-23-21(28)26-12-10-25(11-13-26)18-8-9-22-14-16(18)2/h4-9,14H,3,10-13,15H2,1-2H3,(H,23,28). The molecule has 4 rings (SSSR count). The van der Waals surface area contributed by atoms with Crippen molar-refractivity contribution in [1.82, 2.24) is 24.8 Å². The van der Waals surface area contributed by atoms with E-state index in [4.69, 9.17) is 0 Å². The highest BCUT2D eigenvalue weighted by molar-refractivity contribution is 5.77. The number of aromatic nitrogens is 3. The largest absolute Gasteiger partial charge is 0.368 e. The van der Waals surface area contributed by atoms with Crippen LogP contribution >= 0.6 is 0 Å². The third-order valence-corrected chi connectivity index (χ3v) is 5.35. The minimum absolute atomic E-state index is 0.0270. The van der Waals surface area contributed by atoms with Gasteiger partial charge in [0.1, 0.15) is 5.82 Å². The van der Waals surface area contributed by atoms with E-state index in [9.17, 15) is 4.79 Å². The van der Waals surface area contributed by atoms with Gasteiger partial charge in [0.25, 0.3) is 0 Å². The molecule has 0 spiro atoms. The average molecular weight is 378 g/mol. The molecule has 2 aromatic heterocycles. The van der Waals surface area contributed by atoms with Gasteiger partial charge in [-0.05, 0) is 37.6 Å². The summed E-state index contributed by atoms with van der Waals surface area (Å²) in [5.74, 6) is 0.892. The maximum absolute atomic E-state index is 12.6. The third kappa shape index (κ3) is 3.52. The van der Waals surface area contributed by atoms with Crippen molar-refractivity contribution in [3.8, 4) is 0 Å². The molecular weight excluding hydrogens is 352 g/mol. The smallest absolute Gasteiger partial charge is 0.317 e. The normalized spacial score (nSPS) is 14.5. The summed E-state index contributed by atoms with van der Waals surface area (Å²) in [7, 11) is 0. The van der Waals surface area contributed by atoms with E-state index in [0.717, 1.165) is 36.5 Å². The van der Waals surface area contributed by atoms with Crippen LogP contribution in [-0.4, -0.2) is 51.6 Å². The van der Waals surface area contributed by atoms with E-state index in [0.29, 0.717) is 19.6 Å². The summed E-state index contributed by atoms with van der Waals surface area (Å²) in [6, 6.07) is 10.1. The second kappa shape index (κ2) is 7.88. The lowest BCUT2D eigenvalue weighted by Gasteiger charge is -2.36. The first-order valence-corrected chi connectivity index (χ1v) is 9.80. The molecule has 1 N–H and O–H groups in total. The number of benzene rings is 1. The van der Waals surface area contributed by atoms with Gasteiger partial charge >= 0.3 is 6.03 Å². The predicted octanol–water partition coefficient (Wildman–Crippen LogP) is 2.79. The zero-order valence-electron chi connectivity index (χ0n) is 16.4. The number of hydrogen-bond donors (Lipinski definition) is 1. The third-order valence-electron chi connectivity index (χ3n) is 5.35. The molecule has 1 fully saturated rings. The fraction of sp³-hybridized carbons (Fsp3) is 0.381. The minimum Gasteiger partial charge on any atom is -0.368 e. The number of carbonyl (C=O) groups is 1. The number of carbonyl (C=O) groups excluding carboxylic acids is 1. The van der Waals surface area contributed by atoms with Crippen LogP contribution in [-0.2, 0) is 13.1 Å². The van der Waals surface area contributed by atoms with Crippen LogP contribution in [0.2, 0.25) is 0 Å². The molecule has 0 atom stereocenters. The zero-order valence-corrected chi connectivity index (χ0v) is 16.4.